The van der Waals surface area contributed by atoms with Gasteiger partial charge in [-0.1, -0.05) is 18.7 Å². The molecule has 0 spiro atoms. The van der Waals surface area contributed by atoms with Crippen molar-refractivity contribution in [1.82, 2.24) is 19.7 Å². The van der Waals surface area contributed by atoms with Crippen LogP contribution in [0.3, 0.4) is 0 Å². The number of thiazole rings is 1. The number of likely N-dealkylation sites (tertiary alicyclic amines) is 1. The Morgan fingerprint density at radius 1 is 1.50 bits per heavy atom. The fourth-order valence-corrected chi connectivity index (χ4v) is 4.83. The maximum absolute atomic E-state index is 12.3. The molecular formula is C17H27N6OS2+. The van der Waals surface area contributed by atoms with Gasteiger partial charge in [-0.25, -0.2) is 4.98 Å². The highest BCUT2D eigenvalue weighted by atomic mass is 32.2. The van der Waals surface area contributed by atoms with Crippen LogP contribution in [0.4, 0.5) is 5.13 Å². The van der Waals surface area contributed by atoms with Crippen LogP contribution in [0.5, 0.6) is 0 Å². The molecule has 0 saturated carbocycles. The summed E-state index contributed by atoms with van der Waals surface area (Å²) in [7, 11) is 0. The summed E-state index contributed by atoms with van der Waals surface area (Å²) in [5, 5.41) is 15.4. The number of carbonyl (C=O) groups is 1. The standard InChI is InChI=1S/C17H26N6OS2/c1-4-25-17-21-20-15(23(17)12(2)3)13-6-5-8-22(10-13)11-14(24)19-16-18-7-9-26-16/h7,9,12-13H,4-6,8,10-11H2,1-3H3,(H,18,19,24)/p+1/t13-/m1/s1. The minimum Gasteiger partial charge on any atom is -0.327 e. The topological polar surface area (TPSA) is 77.1 Å². The molecule has 1 aliphatic rings. The second-order valence-electron chi connectivity index (χ2n) is 6.84. The molecule has 2 aromatic heterocycles. The van der Waals surface area contributed by atoms with Gasteiger partial charge < -0.3 is 9.47 Å². The molecule has 1 fully saturated rings. The third-order valence-electron chi connectivity index (χ3n) is 4.55. The summed E-state index contributed by atoms with van der Waals surface area (Å²) < 4.78 is 2.28. The number of amides is 1. The van der Waals surface area contributed by atoms with Crippen molar-refractivity contribution in [1.29, 1.82) is 0 Å². The maximum atomic E-state index is 12.3. The molecule has 1 saturated heterocycles. The van der Waals surface area contributed by atoms with E-state index in [-0.39, 0.29) is 5.91 Å². The monoisotopic (exact) mass is 395 g/mol. The van der Waals surface area contributed by atoms with Crippen LogP contribution >= 0.6 is 23.1 Å². The fourth-order valence-electron chi connectivity index (χ4n) is 3.49. The molecule has 3 heterocycles. The summed E-state index contributed by atoms with van der Waals surface area (Å²) in [6, 6.07) is 0.340. The highest BCUT2D eigenvalue weighted by molar-refractivity contribution is 7.99. The van der Waals surface area contributed by atoms with Crippen molar-refractivity contribution in [2.75, 3.05) is 30.7 Å². The van der Waals surface area contributed by atoms with E-state index in [1.165, 1.54) is 16.2 Å². The number of carbonyl (C=O) groups excluding carboxylic acids is 1. The molecule has 2 aromatic rings. The van der Waals surface area contributed by atoms with Gasteiger partial charge in [0.2, 0.25) is 0 Å². The SMILES string of the molecule is CCSc1nnc([C@@H]2CCC[NH+](CC(=O)Nc3nccs3)C2)n1C(C)C. The van der Waals surface area contributed by atoms with E-state index in [0.717, 1.165) is 42.7 Å². The van der Waals surface area contributed by atoms with Crippen LogP contribution in [0.1, 0.15) is 51.4 Å². The largest absolute Gasteiger partial charge is 0.327 e. The number of rotatable bonds is 7. The molecule has 9 heteroatoms. The van der Waals surface area contributed by atoms with E-state index >= 15 is 0 Å². The first-order valence-electron chi connectivity index (χ1n) is 9.19. The van der Waals surface area contributed by atoms with E-state index in [4.69, 9.17) is 0 Å². The molecule has 1 amide bonds. The number of piperidine rings is 1. The summed E-state index contributed by atoms with van der Waals surface area (Å²) in [6.07, 6.45) is 3.92. The van der Waals surface area contributed by atoms with Gasteiger partial charge >= 0.3 is 0 Å². The van der Waals surface area contributed by atoms with Crippen LogP contribution < -0.4 is 10.2 Å². The molecule has 0 radical (unpaired) electrons. The quantitative estimate of drug-likeness (QED) is 0.700. The number of hydrogen-bond acceptors (Lipinski definition) is 6. The smallest absolute Gasteiger partial charge is 0.281 e. The molecular weight excluding hydrogens is 368 g/mol. The first kappa shape index (κ1) is 19.3. The molecule has 142 valence electrons. The van der Waals surface area contributed by atoms with E-state index in [1.54, 1.807) is 18.0 Å². The van der Waals surface area contributed by atoms with Crippen molar-refractivity contribution in [3.8, 4) is 0 Å². The average Bonchev–Trinajstić information content (AvgIpc) is 3.25. The van der Waals surface area contributed by atoms with E-state index in [2.05, 4.69) is 45.8 Å². The predicted octanol–water partition coefficient (Wildman–Crippen LogP) is 1.83. The Balaban J connectivity index is 1.65. The number of thioether (sulfide) groups is 1. The van der Waals surface area contributed by atoms with E-state index in [0.29, 0.717) is 23.6 Å². The Hall–Kier alpha value is -1.45. The molecule has 3 rings (SSSR count). The van der Waals surface area contributed by atoms with Crippen molar-refractivity contribution in [3.05, 3.63) is 17.4 Å². The highest BCUT2D eigenvalue weighted by Crippen LogP contribution is 2.28. The Bertz CT molecular complexity index is 715. The zero-order chi connectivity index (χ0) is 18.5. The molecule has 7 nitrogen and oxygen atoms in total. The Kier molecular flexibility index (Phi) is 6.66. The number of aromatic nitrogens is 4. The van der Waals surface area contributed by atoms with Gasteiger partial charge in [-0.3, -0.25) is 10.1 Å². The molecule has 2 N–H and O–H groups in total. The molecule has 0 aliphatic carbocycles. The fraction of sp³-hybridized carbons (Fsp3) is 0.647. The lowest BCUT2D eigenvalue weighted by Crippen LogP contribution is -3.14. The van der Waals surface area contributed by atoms with Gasteiger partial charge in [-0.05, 0) is 32.4 Å². The second-order valence-corrected chi connectivity index (χ2v) is 8.97. The van der Waals surface area contributed by atoms with Crippen LogP contribution in [0.25, 0.3) is 0 Å². The van der Waals surface area contributed by atoms with E-state index in [9.17, 15) is 4.79 Å². The third-order valence-corrected chi connectivity index (χ3v) is 6.07. The van der Waals surface area contributed by atoms with Crippen LogP contribution in [0.2, 0.25) is 0 Å². The van der Waals surface area contributed by atoms with Crippen LogP contribution in [0.15, 0.2) is 16.7 Å². The molecule has 1 unspecified atom stereocenters. The Morgan fingerprint density at radius 2 is 2.35 bits per heavy atom. The van der Waals surface area contributed by atoms with Crippen LogP contribution in [-0.2, 0) is 4.79 Å². The average molecular weight is 396 g/mol. The second kappa shape index (κ2) is 8.96. The van der Waals surface area contributed by atoms with Gasteiger partial charge in [0, 0.05) is 17.6 Å². The maximum Gasteiger partial charge on any atom is 0.281 e. The number of quaternary nitrogens is 1. The Labute approximate surface area is 162 Å². The van der Waals surface area contributed by atoms with Crippen molar-refractivity contribution in [2.45, 2.75) is 50.7 Å². The lowest BCUT2D eigenvalue weighted by molar-refractivity contribution is -0.898. The predicted molar refractivity (Wildman–Crippen MR) is 105 cm³/mol. The van der Waals surface area contributed by atoms with Gasteiger partial charge in [0.05, 0.1) is 19.0 Å². The first-order valence-corrected chi connectivity index (χ1v) is 11.1. The van der Waals surface area contributed by atoms with Gasteiger partial charge in [0.25, 0.3) is 5.91 Å². The summed E-state index contributed by atoms with van der Waals surface area (Å²) >= 11 is 3.19. The minimum absolute atomic E-state index is 0.0307. The molecule has 0 aromatic carbocycles. The van der Waals surface area contributed by atoms with Gasteiger partial charge in [-0.15, -0.1) is 21.5 Å². The molecule has 26 heavy (non-hydrogen) atoms. The van der Waals surface area contributed by atoms with Crippen molar-refractivity contribution >= 4 is 34.1 Å². The Morgan fingerprint density at radius 3 is 3.04 bits per heavy atom. The molecule has 2 atom stereocenters. The zero-order valence-corrected chi connectivity index (χ0v) is 17.2. The number of nitrogens with one attached hydrogen (secondary N) is 2. The van der Waals surface area contributed by atoms with Crippen molar-refractivity contribution in [2.24, 2.45) is 0 Å². The van der Waals surface area contributed by atoms with Crippen molar-refractivity contribution < 1.29 is 9.69 Å². The number of anilines is 1. The number of nitrogens with zero attached hydrogens (tertiary/aromatic N) is 4. The lowest BCUT2D eigenvalue weighted by Gasteiger charge is -2.29. The zero-order valence-electron chi connectivity index (χ0n) is 15.6. The van der Waals surface area contributed by atoms with Gasteiger partial charge in [0.15, 0.2) is 16.8 Å². The number of hydrogen-bond donors (Lipinski definition) is 2. The lowest BCUT2D eigenvalue weighted by atomic mass is 9.97. The summed E-state index contributed by atoms with van der Waals surface area (Å²) in [5.41, 5.74) is 0. The van der Waals surface area contributed by atoms with Gasteiger partial charge in [0.1, 0.15) is 5.82 Å². The highest BCUT2D eigenvalue weighted by Gasteiger charge is 2.31. The summed E-state index contributed by atoms with van der Waals surface area (Å²) in [5.74, 6) is 2.45. The summed E-state index contributed by atoms with van der Waals surface area (Å²) in [6.45, 7) is 8.92. The van der Waals surface area contributed by atoms with Crippen LogP contribution in [0, 0.1) is 0 Å². The van der Waals surface area contributed by atoms with Gasteiger partial charge in [-0.2, -0.15) is 0 Å². The van der Waals surface area contributed by atoms with Crippen molar-refractivity contribution in [3.63, 3.8) is 0 Å². The molecule has 1 aliphatic heterocycles. The minimum atomic E-state index is 0.0307. The van der Waals surface area contributed by atoms with Crippen LogP contribution in [-0.4, -0.2) is 51.0 Å². The van der Waals surface area contributed by atoms with E-state index < -0.39 is 0 Å². The normalized spacial score (nSPS) is 20.5. The summed E-state index contributed by atoms with van der Waals surface area (Å²) in [4.78, 5) is 17.7. The first-order chi connectivity index (χ1) is 12.6. The molecule has 0 bridgehead atoms. The third kappa shape index (κ3) is 4.63. The van der Waals surface area contributed by atoms with E-state index in [1.807, 2.05) is 5.38 Å².